The Hall–Kier alpha value is -2.50. The van der Waals surface area contributed by atoms with E-state index in [-0.39, 0.29) is 24.5 Å². The first-order valence-electron chi connectivity index (χ1n) is 9.21. The van der Waals surface area contributed by atoms with Gasteiger partial charge in [0.25, 0.3) is 0 Å². The van der Waals surface area contributed by atoms with Gasteiger partial charge in [-0.15, -0.1) is 0 Å². The molecule has 148 valence electrons. The summed E-state index contributed by atoms with van der Waals surface area (Å²) in [6, 6.07) is 5.58. The molecule has 1 aliphatic heterocycles. The number of ether oxygens (including phenoxy) is 2. The average molecular weight is 374 g/mol. The molecule has 1 unspecified atom stereocenters. The Balaban J connectivity index is 2.02. The third-order valence-electron chi connectivity index (χ3n) is 4.49. The van der Waals surface area contributed by atoms with E-state index >= 15 is 0 Å². The lowest BCUT2D eigenvalue weighted by molar-refractivity contribution is -0.133. The van der Waals surface area contributed by atoms with Crippen LogP contribution in [0.2, 0.25) is 0 Å². The third kappa shape index (κ3) is 5.49. The van der Waals surface area contributed by atoms with Crippen molar-refractivity contribution < 1.29 is 19.1 Å². The van der Waals surface area contributed by atoms with Crippen molar-refractivity contribution in [3.05, 3.63) is 35.9 Å². The van der Waals surface area contributed by atoms with Gasteiger partial charge < -0.3 is 19.3 Å². The number of nitrogens with zero attached hydrogens (tertiary/aromatic N) is 2. The molecule has 1 aromatic rings. The van der Waals surface area contributed by atoms with Crippen molar-refractivity contribution in [2.75, 3.05) is 26.7 Å². The number of carbonyl (C=O) groups is 2. The second-order valence-electron chi connectivity index (χ2n) is 7.81. The zero-order valence-electron chi connectivity index (χ0n) is 16.9. The summed E-state index contributed by atoms with van der Waals surface area (Å²) in [6.07, 6.45) is 1.67. The Morgan fingerprint density at radius 3 is 2.56 bits per heavy atom. The molecular formula is C21H30N2O4. The van der Waals surface area contributed by atoms with Gasteiger partial charge in [0.1, 0.15) is 11.4 Å². The highest BCUT2D eigenvalue weighted by Crippen LogP contribution is 2.23. The summed E-state index contributed by atoms with van der Waals surface area (Å²) in [7, 11) is 1.60. The van der Waals surface area contributed by atoms with E-state index in [1.807, 2.05) is 45.9 Å². The highest BCUT2D eigenvalue weighted by Gasteiger charge is 2.32. The topological polar surface area (TPSA) is 59.1 Å². The van der Waals surface area contributed by atoms with Gasteiger partial charge >= 0.3 is 6.09 Å². The summed E-state index contributed by atoms with van der Waals surface area (Å²) in [6.45, 7) is 12.7. The Labute approximate surface area is 161 Å². The highest BCUT2D eigenvalue weighted by molar-refractivity contribution is 5.80. The quantitative estimate of drug-likeness (QED) is 0.811. The highest BCUT2D eigenvalue weighted by atomic mass is 16.6. The van der Waals surface area contributed by atoms with Crippen molar-refractivity contribution in [1.82, 2.24) is 9.80 Å². The van der Waals surface area contributed by atoms with Crippen LogP contribution in [-0.4, -0.2) is 60.2 Å². The molecule has 1 aliphatic rings. The van der Waals surface area contributed by atoms with Crippen LogP contribution in [0.15, 0.2) is 24.8 Å². The maximum absolute atomic E-state index is 12.8. The summed E-state index contributed by atoms with van der Waals surface area (Å²) in [5, 5.41) is 0. The van der Waals surface area contributed by atoms with Crippen molar-refractivity contribution in [2.24, 2.45) is 0 Å². The molecule has 1 aromatic carbocycles. The maximum atomic E-state index is 12.8. The van der Waals surface area contributed by atoms with Crippen molar-refractivity contribution in [2.45, 2.75) is 45.8 Å². The van der Waals surface area contributed by atoms with Crippen molar-refractivity contribution in [3.8, 4) is 5.75 Å². The predicted octanol–water partition coefficient (Wildman–Crippen LogP) is 3.35. The van der Waals surface area contributed by atoms with E-state index in [0.717, 1.165) is 11.1 Å². The van der Waals surface area contributed by atoms with Gasteiger partial charge in [0.05, 0.1) is 13.5 Å². The monoisotopic (exact) mass is 374 g/mol. The summed E-state index contributed by atoms with van der Waals surface area (Å²) < 4.78 is 10.8. The number of rotatable bonds is 4. The zero-order chi connectivity index (χ0) is 20.2. The summed E-state index contributed by atoms with van der Waals surface area (Å²) in [5.41, 5.74) is 1.25. The second-order valence-corrected chi connectivity index (χ2v) is 7.81. The molecule has 1 fully saturated rings. The number of hydrogen-bond donors (Lipinski definition) is 0. The van der Waals surface area contributed by atoms with Gasteiger partial charge in [0.2, 0.25) is 5.91 Å². The van der Waals surface area contributed by atoms with Gasteiger partial charge in [-0.2, -0.15) is 0 Å². The minimum atomic E-state index is -0.531. The second kappa shape index (κ2) is 8.46. The van der Waals surface area contributed by atoms with Crippen molar-refractivity contribution in [3.63, 3.8) is 0 Å². The Bertz CT molecular complexity index is 709. The molecule has 6 heteroatoms. The van der Waals surface area contributed by atoms with Crippen LogP contribution < -0.4 is 4.74 Å². The first-order chi connectivity index (χ1) is 12.6. The van der Waals surface area contributed by atoms with Crippen LogP contribution in [0.25, 0.3) is 6.08 Å². The standard InChI is InChI=1S/C21H30N2O4/c1-7-16-8-9-18(26-6)17(12-16)13-19(24)22-10-11-23(15(2)14-22)20(25)27-21(3,4)5/h7-9,12,15H,1,10-11,13-14H2,2-6H3. The van der Waals surface area contributed by atoms with Crippen LogP contribution in [0, 0.1) is 0 Å². The SMILES string of the molecule is C=Cc1ccc(OC)c(CC(=O)N2CCN(C(=O)OC(C)(C)C)C(C)C2)c1. The van der Waals surface area contributed by atoms with Gasteiger partial charge in [-0.1, -0.05) is 18.7 Å². The molecule has 0 radical (unpaired) electrons. The Kier molecular flexibility index (Phi) is 6.52. The molecule has 1 atom stereocenters. The van der Waals surface area contributed by atoms with Gasteiger partial charge in [-0.05, 0) is 45.4 Å². The van der Waals surface area contributed by atoms with E-state index in [0.29, 0.717) is 25.4 Å². The molecule has 0 aliphatic carbocycles. The number of methoxy groups -OCH3 is 1. The van der Waals surface area contributed by atoms with Crippen LogP contribution in [0.1, 0.15) is 38.8 Å². The number of benzene rings is 1. The largest absolute Gasteiger partial charge is 0.496 e. The fourth-order valence-electron chi connectivity index (χ4n) is 3.11. The molecule has 0 aromatic heterocycles. The molecule has 2 rings (SSSR count). The summed E-state index contributed by atoms with van der Waals surface area (Å²) >= 11 is 0. The molecule has 27 heavy (non-hydrogen) atoms. The van der Waals surface area contributed by atoms with Gasteiger partial charge in [0.15, 0.2) is 0 Å². The maximum Gasteiger partial charge on any atom is 0.410 e. The minimum absolute atomic E-state index is 0.0187. The van der Waals surface area contributed by atoms with Crippen molar-refractivity contribution in [1.29, 1.82) is 0 Å². The van der Waals surface area contributed by atoms with Gasteiger partial charge in [-0.25, -0.2) is 4.79 Å². The fraction of sp³-hybridized carbons (Fsp3) is 0.524. The predicted molar refractivity (Wildman–Crippen MR) is 106 cm³/mol. The molecule has 1 heterocycles. The molecule has 0 spiro atoms. The number of piperazine rings is 1. The third-order valence-corrected chi connectivity index (χ3v) is 4.49. The van der Waals surface area contributed by atoms with Gasteiger partial charge in [0, 0.05) is 31.2 Å². The number of carbonyl (C=O) groups excluding carboxylic acids is 2. The van der Waals surface area contributed by atoms with Crippen LogP contribution >= 0.6 is 0 Å². The van der Waals surface area contributed by atoms with Crippen LogP contribution in [0.4, 0.5) is 4.79 Å². The molecular weight excluding hydrogens is 344 g/mol. The first-order valence-corrected chi connectivity index (χ1v) is 9.21. The summed E-state index contributed by atoms with van der Waals surface area (Å²) in [4.78, 5) is 28.6. The lowest BCUT2D eigenvalue weighted by Crippen LogP contribution is -2.56. The molecule has 0 saturated carbocycles. The zero-order valence-corrected chi connectivity index (χ0v) is 16.9. The Morgan fingerprint density at radius 2 is 2.00 bits per heavy atom. The Morgan fingerprint density at radius 1 is 1.30 bits per heavy atom. The van der Waals surface area contributed by atoms with E-state index in [9.17, 15) is 9.59 Å². The smallest absolute Gasteiger partial charge is 0.410 e. The lowest BCUT2D eigenvalue weighted by atomic mass is 10.1. The molecule has 6 nitrogen and oxygen atoms in total. The van der Waals surface area contributed by atoms with Crippen LogP contribution in [0.3, 0.4) is 0 Å². The van der Waals surface area contributed by atoms with E-state index in [4.69, 9.17) is 9.47 Å². The normalized spacial score (nSPS) is 17.4. The lowest BCUT2D eigenvalue weighted by Gasteiger charge is -2.40. The minimum Gasteiger partial charge on any atom is -0.496 e. The number of hydrogen-bond acceptors (Lipinski definition) is 4. The van der Waals surface area contributed by atoms with Crippen molar-refractivity contribution >= 4 is 18.1 Å². The van der Waals surface area contributed by atoms with E-state index < -0.39 is 5.60 Å². The fourth-order valence-corrected chi connectivity index (χ4v) is 3.11. The molecule has 0 bridgehead atoms. The van der Waals surface area contributed by atoms with E-state index in [1.54, 1.807) is 23.0 Å². The molecule has 1 saturated heterocycles. The molecule has 0 N–H and O–H groups in total. The molecule has 2 amide bonds. The van der Waals surface area contributed by atoms with Crippen LogP contribution in [0.5, 0.6) is 5.75 Å². The van der Waals surface area contributed by atoms with E-state index in [2.05, 4.69) is 6.58 Å². The van der Waals surface area contributed by atoms with Crippen LogP contribution in [-0.2, 0) is 16.0 Å². The van der Waals surface area contributed by atoms with E-state index in [1.165, 1.54) is 0 Å². The average Bonchev–Trinajstić information content (AvgIpc) is 2.59. The van der Waals surface area contributed by atoms with Gasteiger partial charge in [-0.3, -0.25) is 4.79 Å². The summed E-state index contributed by atoms with van der Waals surface area (Å²) in [5.74, 6) is 0.708. The number of amides is 2. The first kappa shape index (κ1) is 20.8.